The Labute approximate surface area is 156 Å². The van der Waals surface area contributed by atoms with E-state index in [1.165, 1.54) is 24.5 Å². The molecule has 1 aliphatic rings. The van der Waals surface area contributed by atoms with Crippen molar-refractivity contribution in [1.82, 2.24) is 15.0 Å². The maximum Gasteiger partial charge on any atom is 0.134 e. The summed E-state index contributed by atoms with van der Waals surface area (Å²) < 4.78 is 27.8. The van der Waals surface area contributed by atoms with Gasteiger partial charge in [0.1, 0.15) is 29.6 Å². The Morgan fingerprint density at radius 1 is 1.07 bits per heavy atom. The van der Waals surface area contributed by atoms with Gasteiger partial charge in [-0.3, -0.25) is 0 Å². The average molecular weight is 367 g/mol. The molecule has 3 heterocycles. The minimum absolute atomic E-state index is 0.00210. The van der Waals surface area contributed by atoms with E-state index in [0.717, 1.165) is 35.6 Å². The van der Waals surface area contributed by atoms with Crippen molar-refractivity contribution in [3.8, 4) is 0 Å². The fourth-order valence-corrected chi connectivity index (χ4v) is 3.21. The maximum atomic E-state index is 13.9. The van der Waals surface area contributed by atoms with Crippen molar-refractivity contribution in [3.63, 3.8) is 0 Å². The lowest BCUT2D eigenvalue weighted by Crippen LogP contribution is -2.32. The van der Waals surface area contributed by atoms with Crippen molar-refractivity contribution in [3.05, 3.63) is 76.9 Å². The van der Waals surface area contributed by atoms with Crippen molar-refractivity contribution in [2.45, 2.75) is 26.4 Å². The molecule has 0 spiro atoms. The molecule has 0 amide bonds. The molecule has 1 aliphatic heterocycles. The van der Waals surface area contributed by atoms with Gasteiger partial charge in [-0.2, -0.15) is 0 Å². The molecule has 138 valence electrons. The average Bonchev–Trinajstić information content (AvgIpc) is 2.68. The van der Waals surface area contributed by atoms with Crippen molar-refractivity contribution in [2.75, 3.05) is 16.8 Å². The summed E-state index contributed by atoms with van der Waals surface area (Å²) in [6.45, 7) is 3.42. The Balaban J connectivity index is 1.57. The second kappa shape index (κ2) is 7.26. The van der Waals surface area contributed by atoms with Gasteiger partial charge in [0.2, 0.25) is 0 Å². The summed E-state index contributed by atoms with van der Waals surface area (Å²) >= 11 is 0. The molecule has 5 nitrogen and oxygen atoms in total. The second-order valence-corrected chi connectivity index (χ2v) is 6.57. The third kappa shape index (κ3) is 3.58. The number of fused-ring (bicyclic) bond motifs is 1. The molecule has 0 bridgehead atoms. The zero-order valence-corrected chi connectivity index (χ0v) is 14.9. The van der Waals surface area contributed by atoms with Gasteiger partial charge in [-0.25, -0.2) is 23.7 Å². The summed E-state index contributed by atoms with van der Waals surface area (Å²) in [7, 11) is 0. The van der Waals surface area contributed by atoms with Crippen LogP contribution in [0.3, 0.4) is 0 Å². The number of hydrogen-bond donors (Lipinski definition) is 1. The SMILES string of the molecule is Cc1ccc(N2CCc3ncnc(NCc4c(F)cccc4F)c3C2)nc1. The van der Waals surface area contributed by atoms with Gasteiger partial charge >= 0.3 is 0 Å². The smallest absolute Gasteiger partial charge is 0.134 e. The highest BCUT2D eigenvalue weighted by molar-refractivity contribution is 5.52. The Kier molecular flexibility index (Phi) is 4.66. The number of nitrogens with zero attached hydrogens (tertiary/aromatic N) is 4. The molecule has 27 heavy (non-hydrogen) atoms. The van der Waals surface area contributed by atoms with Gasteiger partial charge in [0, 0.05) is 43.4 Å². The summed E-state index contributed by atoms with van der Waals surface area (Å²) in [5.41, 5.74) is 2.99. The van der Waals surface area contributed by atoms with Crippen LogP contribution in [-0.4, -0.2) is 21.5 Å². The third-order valence-corrected chi connectivity index (χ3v) is 4.72. The van der Waals surface area contributed by atoms with Crippen LogP contribution >= 0.6 is 0 Å². The molecular formula is C20H19F2N5. The van der Waals surface area contributed by atoms with Gasteiger partial charge in [-0.15, -0.1) is 0 Å². The summed E-state index contributed by atoms with van der Waals surface area (Å²) in [6.07, 6.45) is 4.08. The van der Waals surface area contributed by atoms with Gasteiger partial charge in [-0.05, 0) is 30.7 Å². The third-order valence-electron chi connectivity index (χ3n) is 4.72. The molecular weight excluding hydrogens is 348 g/mol. The van der Waals surface area contributed by atoms with Crippen LogP contribution in [0, 0.1) is 18.6 Å². The molecule has 4 rings (SSSR count). The lowest BCUT2D eigenvalue weighted by molar-refractivity contribution is 0.559. The molecule has 1 aromatic carbocycles. The molecule has 0 unspecified atom stereocenters. The zero-order valence-electron chi connectivity index (χ0n) is 14.9. The Hall–Kier alpha value is -3.09. The van der Waals surface area contributed by atoms with E-state index in [1.807, 2.05) is 25.3 Å². The number of anilines is 2. The zero-order chi connectivity index (χ0) is 18.8. The Bertz CT molecular complexity index is 939. The van der Waals surface area contributed by atoms with Crippen LogP contribution in [0.2, 0.25) is 0 Å². The minimum atomic E-state index is -0.573. The van der Waals surface area contributed by atoms with Crippen molar-refractivity contribution < 1.29 is 8.78 Å². The van der Waals surface area contributed by atoms with Crippen LogP contribution in [0.5, 0.6) is 0 Å². The molecule has 0 saturated carbocycles. The van der Waals surface area contributed by atoms with E-state index in [0.29, 0.717) is 12.4 Å². The molecule has 0 fully saturated rings. The summed E-state index contributed by atoms with van der Waals surface area (Å²) in [4.78, 5) is 15.3. The maximum absolute atomic E-state index is 13.9. The number of halogens is 2. The minimum Gasteiger partial charge on any atom is -0.365 e. The van der Waals surface area contributed by atoms with E-state index >= 15 is 0 Å². The number of pyridine rings is 1. The first kappa shape index (κ1) is 17.3. The molecule has 0 radical (unpaired) electrons. The van der Waals surface area contributed by atoms with Crippen LogP contribution in [-0.2, 0) is 19.5 Å². The molecule has 2 aromatic heterocycles. The van der Waals surface area contributed by atoms with Crippen LogP contribution in [0.25, 0.3) is 0 Å². The molecule has 0 aliphatic carbocycles. The Morgan fingerprint density at radius 3 is 2.63 bits per heavy atom. The first-order valence-corrected chi connectivity index (χ1v) is 8.79. The normalized spacial score (nSPS) is 13.4. The largest absolute Gasteiger partial charge is 0.365 e. The lowest BCUT2D eigenvalue weighted by Gasteiger charge is -2.30. The fraction of sp³-hybridized carbons (Fsp3) is 0.250. The summed E-state index contributed by atoms with van der Waals surface area (Å²) in [5, 5.41) is 3.07. The predicted molar refractivity (Wildman–Crippen MR) is 99.4 cm³/mol. The number of nitrogens with one attached hydrogen (secondary N) is 1. The van der Waals surface area contributed by atoms with Crippen molar-refractivity contribution in [1.29, 1.82) is 0 Å². The standard InChI is InChI=1S/C20H19F2N5/c1-13-5-6-19(23-9-13)27-8-7-18-15(11-27)20(26-12-25-18)24-10-14-16(21)3-2-4-17(14)22/h2-6,9,12H,7-8,10-11H2,1H3,(H,24,25,26). The highest BCUT2D eigenvalue weighted by Crippen LogP contribution is 2.26. The van der Waals surface area contributed by atoms with Crippen molar-refractivity contribution >= 4 is 11.6 Å². The first-order valence-electron chi connectivity index (χ1n) is 8.79. The summed E-state index contributed by atoms with van der Waals surface area (Å²) in [5.74, 6) is 0.340. The predicted octanol–water partition coefficient (Wildman–Crippen LogP) is 3.63. The van der Waals surface area contributed by atoms with E-state index in [2.05, 4.69) is 25.2 Å². The lowest BCUT2D eigenvalue weighted by atomic mass is 10.1. The molecule has 1 N–H and O–H groups in total. The fourth-order valence-electron chi connectivity index (χ4n) is 3.21. The number of benzene rings is 1. The van der Waals surface area contributed by atoms with Crippen LogP contribution in [0.15, 0.2) is 42.9 Å². The monoisotopic (exact) mass is 367 g/mol. The highest BCUT2D eigenvalue weighted by Gasteiger charge is 2.22. The highest BCUT2D eigenvalue weighted by atomic mass is 19.1. The van der Waals surface area contributed by atoms with Gasteiger partial charge in [-0.1, -0.05) is 12.1 Å². The van der Waals surface area contributed by atoms with Crippen LogP contribution in [0.4, 0.5) is 20.4 Å². The number of rotatable bonds is 4. The number of hydrogen-bond acceptors (Lipinski definition) is 5. The van der Waals surface area contributed by atoms with Gasteiger partial charge in [0.15, 0.2) is 0 Å². The van der Waals surface area contributed by atoms with Crippen molar-refractivity contribution in [2.24, 2.45) is 0 Å². The van der Waals surface area contributed by atoms with E-state index in [1.54, 1.807) is 0 Å². The molecule has 0 atom stereocenters. The van der Waals surface area contributed by atoms with E-state index in [9.17, 15) is 8.78 Å². The molecule has 3 aromatic rings. The van der Waals surface area contributed by atoms with E-state index < -0.39 is 11.6 Å². The first-order chi connectivity index (χ1) is 13.1. The Morgan fingerprint density at radius 2 is 1.89 bits per heavy atom. The van der Waals surface area contributed by atoms with Gasteiger partial charge in [0.25, 0.3) is 0 Å². The van der Waals surface area contributed by atoms with E-state index in [4.69, 9.17) is 0 Å². The quantitative estimate of drug-likeness (QED) is 0.763. The molecule has 0 saturated heterocycles. The summed E-state index contributed by atoms with van der Waals surface area (Å²) in [6, 6.07) is 7.87. The van der Waals surface area contributed by atoms with Gasteiger partial charge in [0.05, 0.1) is 5.69 Å². The second-order valence-electron chi connectivity index (χ2n) is 6.57. The number of aromatic nitrogens is 3. The number of aryl methyl sites for hydroxylation is 1. The van der Waals surface area contributed by atoms with Crippen LogP contribution in [0.1, 0.15) is 22.4 Å². The van der Waals surface area contributed by atoms with Gasteiger partial charge < -0.3 is 10.2 Å². The molecule has 7 heteroatoms. The van der Waals surface area contributed by atoms with Crippen LogP contribution < -0.4 is 10.2 Å². The van der Waals surface area contributed by atoms with E-state index in [-0.39, 0.29) is 12.1 Å². The topological polar surface area (TPSA) is 53.9 Å².